The van der Waals surface area contributed by atoms with E-state index in [1.165, 1.54) is 32.2 Å². The summed E-state index contributed by atoms with van der Waals surface area (Å²) in [6.07, 6.45) is 5.05. The highest BCUT2D eigenvalue weighted by Crippen LogP contribution is 2.23. The molecule has 0 saturated carbocycles. The van der Waals surface area contributed by atoms with Gasteiger partial charge >= 0.3 is 0 Å². The summed E-state index contributed by atoms with van der Waals surface area (Å²) in [5, 5.41) is 9.90. The third kappa shape index (κ3) is 6.61. The Morgan fingerprint density at radius 1 is 0.970 bits per heavy atom. The molecule has 2 fully saturated rings. The molecular formula is C24H38N5O4+. The fraction of sp³-hybridized carbons (Fsp3) is 0.583. The SMILES string of the molecule is NC1=C(NCCN2CCC(CCCN3CCOCC3)CC2)C(=O)c2ccccc2C1=O.[NH3+]O. The van der Waals surface area contributed by atoms with Crippen molar-refractivity contribution in [2.75, 3.05) is 59.0 Å². The molecule has 2 saturated heterocycles. The molecule has 9 heteroatoms. The number of hydrogen-bond acceptors (Lipinski definition) is 8. The van der Waals surface area contributed by atoms with E-state index in [-0.39, 0.29) is 23.0 Å². The molecule has 0 radical (unpaired) electrons. The van der Waals surface area contributed by atoms with Crippen LogP contribution in [0.15, 0.2) is 35.7 Å². The summed E-state index contributed by atoms with van der Waals surface area (Å²) in [5.74, 6) is 2.61. The van der Waals surface area contributed by atoms with Gasteiger partial charge in [-0.3, -0.25) is 14.5 Å². The first-order valence-electron chi connectivity index (χ1n) is 11.9. The van der Waals surface area contributed by atoms with E-state index in [1.807, 2.05) is 0 Å². The molecule has 3 aliphatic rings. The number of quaternary nitrogens is 1. The zero-order chi connectivity index (χ0) is 23.6. The number of ether oxygens (including phenoxy) is 1. The van der Waals surface area contributed by atoms with Gasteiger partial charge in [0.2, 0.25) is 11.6 Å². The fourth-order valence-corrected chi connectivity index (χ4v) is 4.84. The van der Waals surface area contributed by atoms with E-state index in [0.717, 1.165) is 51.9 Å². The van der Waals surface area contributed by atoms with Crippen molar-refractivity contribution in [3.63, 3.8) is 0 Å². The summed E-state index contributed by atoms with van der Waals surface area (Å²) in [4.78, 5) is 30.2. The van der Waals surface area contributed by atoms with Crippen LogP contribution in [0.5, 0.6) is 0 Å². The van der Waals surface area contributed by atoms with Crippen LogP contribution < -0.4 is 16.9 Å². The Bertz CT molecular complexity index is 830. The van der Waals surface area contributed by atoms with Gasteiger partial charge in [0, 0.05) is 37.3 Å². The molecule has 7 N–H and O–H groups in total. The molecule has 0 atom stereocenters. The van der Waals surface area contributed by atoms with E-state index >= 15 is 0 Å². The van der Waals surface area contributed by atoms with Crippen LogP contribution in [-0.2, 0) is 4.74 Å². The van der Waals surface area contributed by atoms with Crippen LogP contribution in [0, 0.1) is 5.92 Å². The average Bonchev–Trinajstić information content (AvgIpc) is 2.87. The van der Waals surface area contributed by atoms with Crippen molar-refractivity contribution in [3.8, 4) is 0 Å². The van der Waals surface area contributed by atoms with Crippen molar-refractivity contribution < 1.29 is 25.4 Å². The van der Waals surface area contributed by atoms with Crippen LogP contribution in [0.25, 0.3) is 0 Å². The molecule has 2 aliphatic heterocycles. The smallest absolute Gasteiger partial charge is 0.211 e. The maximum Gasteiger partial charge on any atom is 0.211 e. The van der Waals surface area contributed by atoms with Gasteiger partial charge in [-0.25, -0.2) is 11.1 Å². The Balaban J connectivity index is 0.00000149. The summed E-state index contributed by atoms with van der Waals surface area (Å²) in [6.45, 7) is 8.74. The van der Waals surface area contributed by atoms with Crippen molar-refractivity contribution in [2.45, 2.75) is 25.7 Å². The molecule has 1 aliphatic carbocycles. The van der Waals surface area contributed by atoms with Crippen LogP contribution in [0.2, 0.25) is 0 Å². The Morgan fingerprint density at radius 2 is 1.58 bits per heavy atom. The highest BCUT2D eigenvalue weighted by Gasteiger charge is 2.30. The molecule has 4 rings (SSSR count). The normalized spacial score (nSPS) is 20.3. The molecular weight excluding hydrogens is 422 g/mol. The second-order valence-corrected chi connectivity index (χ2v) is 8.80. The van der Waals surface area contributed by atoms with E-state index in [0.29, 0.717) is 17.7 Å². The van der Waals surface area contributed by atoms with Crippen molar-refractivity contribution in [1.82, 2.24) is 15.1 Å². The minimum absolute atomic E-state index is 0.0303. The number of likely N-dealkylation sites (tertiary alicyclic amines) is 1. The number of morpholine rings is 1. The van der Waals surface area contributed by atoms with Gasteiger partial charge in [0.15, 0.2) is 0 Å². The largest absolute Gasteiger partial charge is 0.394 e. The summed E-state index contributed by atoms with van der Waals surface area (Å²) in [6, 6.07) is 6.87. The lowest BCUT2D eigenvalue weighted by atomic mass is 9.90. The molecule has 0 aromatic heterocycles. The lowest BCUT2D eigenvalue weighted by molar-refractivity contribution is -0.670. The number of allylic oxidation sites excluding steroid dienone is 2. The van der Waals surface area contributed by atoms with E-state index in [1.54, 1.807) is 24.3 Å². The van der Waals surface area contributed by atoms with Crippen molar-refractivity contribution >= 4 is 11.6 Å². The molecule has 0 spiro atoms. The molecule has 1 aromatic rings. The number of nitrogens with one attached hydrogen (secondary N) is 1. The number of carbonyl (C=O) groups is 2. The molecule has 1 aromatic carbocycles. The third-order valence-electron chi connectivity index (χ3n) is 6.78. The first kappa shape index (κ1) is 25.3. The average molecular weight is 461 g/mol. The van der Waals surface area contributed by atoms with E-state index < -0.39 is 0 Å². The van der Waals surface area contributed by atoms with Crippen LogP contribution in [0.3, 0.4) is 0 Å². The Labute approximate surface area is 195 Å². The van der Waals surface area contributed by atoms with Gasteiger partial charge in [-0.2, -0.15) is 0 Å². The van der Waals surface area contributed by atoms with Crippen molar-refractivity contribution in [3.05, 3.63) is 46.8 Å². The number of fused-ring (bicyclic) bond motifs is 1. The second-order valence-electron chi connectivity index (χ2n) is 8.80. The molecule has 182 valence electrons. The number of Topliss-reactive ketones (excluding diaryl/α,β-unsaturated/α-hetero) is 2. The number of ketones is 2. The van der Waals surface area contributed by atoms with Crippen LogP contribution in [-0.4, -0.2) is 85.6 Å². The highest BCUT2D eigenvalue weighted by atomic mass is 16.5. The number of piperidine rings is 1. The Hall–Kier alpha value is -2.30. The predicted octanol–water partition coefficient (Wildman–Crippen LogP) is 0.267. The quantitative estimate of drug-likeness (QED) is 0.406. The van der Waals surface area contributed by atoms with Crippen molar-refractivity contribution in [2.24, 2.45) is 11.7 Å². The number of nitrogens with zero attached hydrogens (tertiary/aromatic N) is 2. The lowest BCUT2D eigenvalue weighted by Crippen LogP contribution is -2.42. The standard InChI is InChI=1S/C24H34N4O3.H4NO/c25-21-22(24(30)20-6-2-1-5-19(20)23(21)29)26-9-13-28-11-7-18(8-12-28)4-3-10-27-14-16-31-17-15-27;1-2/h1-2,5-6,18,26H,3-4,7-17,25H2;2H,1H3/q;+1. The fourth-order valence-electron chi connectivity index (χ4n) is 4.84. The van der Waals surface area contributed by atoms with E-state index in [2.05, 4.69) is 21.0 Å². The van der Waals surface area contributed by atoms with Gasteiger partial charge in [0.1, 0.15) is 11.4 Å². The van der Waals surface area contributed by atoms with E-state index in [4.69, 9.17) is 15.7 Å². The molecule has 2 heterocycles. The topological polar surface area (TPSA) is 136 Å². The van der Waals surface area contributed by atoms with Gasteiger partial charge in [-0.05, 0) is 51.2 Å². The number of carbonyl (C=O) groups excluding carboxylic acids is 2. The zero-order valence-electron chi connectivity index (χ0n) is 19.4. The predicted molar refractivity (Wildman–Crippen MR) is 125 cm³/mol. The number of rotatable bonds is 8. The van der Waals surface area contributed by atoms with Crippen LogP contribution >= 0.6 is 0 Å². The minimum atomic E-state index is -0.268. The molecule has 0 bridgehead atoms. The maximum absolute atomic E-state index is 12.7. The summed E-state index contributed by atoms with van der Waals surface area (Å²) < 4.78 is 5.41. The molecule has 0 amide bonds. The van der Waals surface area contributed by atoms with Gasteiger partial charge in [-0.15, -0.1) is 0 Å². The summed E-state index contributed by atoms with van der Waals surface area (Å²) >= 11 is 0. The Kier molecular flexibility index (Phi) is 9.83. The minimum Gasteiger partial charge on any atom is -0.394 e. The number of hydrogen-bond donors (Lipinski definition) is 4. The second kappa shape index (κ2) is 12.8. The number of nitrogens with two attached hydrogens (primary N) is 1. The molecule has 0 unspecified atom stereocenters. The monoisotopic (exact) mass is 460 g/mol. The zero-order valence-corrected chi connectivity index (χ0v) is 19.4. The first-order valence-corrected chi connectivity index (χ1v) is 11.9. The lowest BCUT2D eigenvalue weighted by Gasteiger charge is -2.33. The Morgan fingerprint density at radius 3 is 2.24 bits per heavy atom. The summed E-state index contributed by atoms with van der Waals surface area (Å²) in [5.41, 5.74) is 7.10. The van der Waals surface area contributed by atoms with Gasteiger partial charge in [0.25, 0.3) is 0 Å². The summed E-state index contributed by atoms with van der Waals surface area (Å²) in [7, 11) is 0. The highest BCUT2D eigenvalue weighted by molar-refractivity contribution is 6.26. The van der Waals surface area contributed by atoms with Crippen LogP contribution in [0.4, 0.5) is 0 Å². The maximum atomic E-state index is 12.7. The van der Waals surface area contributed by atoms with Crippen LogP contribution in [0.1, 0.15) is 46.4 Å². The van der Waals surface area contributed by atoms with Gasteiger partial charge in [0.05, 0.1) is 13.2 Å². The van der Waals surface area contributed by atoms with Gasteiger partial charge in [-0.1, -0.05) is 24.3 Å². The molecule has 33 heavy (non-hydrogen) atoms. The third-order valence-corrected chi connectivity index (χ3v) is 6.78. The number of benzene rings is 1. The molecule has 9 nitrogen and oxygen atoms in total. The van der Waals surface area contributed by atoms with E-state index in [9.17, 15) is 9.59 Å². The first-order chi connectivity index (χ1) is 16.1. The van der Waals surface area contributed by atoms with Crippen molar-refractivity contribution in [1.29, 1.82) is 0 Å². The van der Waals surface area contributed by atoms with Gasteiger partial charge < -0.3 is 20.7 Å².